The van der Waals surface area contributed by atoms with Crippen molar-refractivity contribution in [3.05, 3.63) is 29.3 Å². The van der Waals surface area contributed by atoms with Crippen LogP contribution in [0.4, 0.5) is 0 Å². The van der Waals surface area contributed by atoms with Gasteiger partial charge in [-0.05, 0) is 35.6 Å². The number of halogens is 1. The van der Waals surface area contributed by atoms with Crippen LogP contribution in [-0.2, 0) is 11.3 Å². The van der Waals surface area contributed by atoms with E-state index in [1.54, 1.807) is 6.07 Å². The maximum Gasteiger partial charge on any atom is 0.243 e. The lowest BCUT2D eigenvalue weighted by Crippen LogP contribution is -2.45. The quantitative estimate of drug-likeness (QED) is 0.922. The Morgan fingerprint density at radius 2 is 2.12 bits per heavy atom. The van der Waals surface area contributed by atoms with Crippen LogP contribution in [0, 0.1) is 11.8 Å². The predicted molar refractivity (Wildman–Crippen MR) is 92.4 cm³/mol. The normalized spacial score (nSPS) is 23.9. The Hall–Kier alpha value is -1.95. The molecule has 0 unspecified atom stereocenters. The van der Waals surface area contributed by atoms with E-state index in [4.69, 9.17) is 11.6 Å². The number of hydrogen-bond acceptors (Lipinski definition) is 4. The molecular weight excluding hydrogens is 326 g/mol. The molecule has 0 saturated heterocycles. The minimum Gasteiger partial charge on any atom is -0.351 e. The number of nitrogens with zero attached hydrogens (tertiary/aromatic N) is 4. The Kier molecular flexibility index (Phi) is 5.14. The average molecular weight is 348 g/mol. The van der Waals surface area contributed by atoms with E-state index in [0.29, 0.717) is 28.2 Å². The van der Waals surface area contributed by atoms with Gasteiger partial charge in [0.05, 0.1) is 5.02 Å². The summed E-state index contributed by atoms with van der Waals surface area (Å²) in [6, 6.07) is 7.54. The molecule has 3 rings (SSSR count). The summed E-state index contributed by atoms with van der Waals surface area (Å²) >= 11 is 6.14. The van der Waals surface area contributed by atoms with Crippen LogP contribution in [0.15, 0.2) is 24.3 Å². The highest BCUT2D eigenvalue weighted by molar-refractivity contribution is 6.33. The summed E-state index contributed by atoms with van der Waals surface area (Å²) in [6.07, 6.45) is 3.43. The zero-order valence-electron chi connectivity index (χ0n) is 13.9. The topological polar surface area (TPSA) is 72.7 Å². The van der Waals surface area contributed by atoms with Crippen molar-refractivity contribution in [2.75, 3.05) is 0 Å². The lowest BCUT2D eigenvalue weighted by Gasteiger charge is -2.34. The summed E-state index contributed by atoms with van der Waals surface area (Å²) in [5.41, 5.74) is 0.709. The standard InChI is InChI=1S/C17H22ClN5O/c1-11-6-5-9-15(12(11)2)19-16(24)10-23-21-17(20-22-23)13-7-3-4-8-14(13)18/h3-4,7-8,11-12,15H,5-6,9-10H2,1-2H3,(H,19,24)/t11-,12-,15+/m1/s1. The van der Waals surface area contributed by atoms with Crippen LogP contribution in [-0.4, -0.2) is 32.2 Å². The van der Waals surface area contributed by atoms with Gasteiger partial charge < -0.3 is 5.32 Å². The molecule has 24 heavy (non-hydrogen) atoms. The average Bonchev–Trinajstić information content (AvgIpc) is 3.00. The third-order valence-corrected chi connectivity index (χ3v) is 5.24. The summed E-state index contributed by atoms with van der Waals surface area (Å²) in [7, 11) is 0. The molecule has 1 aromatic heterocycles. The van der Waals surface area contributed by atoms with E-state index < -0.39 is 0 Å². The van der Waals surface area contributed by atoms with Gasteiger partial charge in [-0.25, -0.2) is 0 Å². The summed E-state index contributed by atoms with van der Waals surface area (Å²) < 4.78 is 0. The first-order valence-corrected chi connectivity index (χ1v) is 8.74. The molecule has 7 heteroatoms. The number of nitrogens with one attached hydrogen (secondary N) is 1. The number of carbonyl (C=O) groups is 1. The number of tetrazole rings is 1. The van der Waals surface area contributed by atoms with Gasteiger partial charge in [0, 0.05) is 11.6 Å². The van der Waals surface area contributed by atoms with E-state index in [0.717, 1.165) is 12.8 Å². The Bertz CT molecular complexity index is 717. The van der Waals surface area contributed by atoms with Crippen LogP contribution in [0.5, 0.6) is 0 Å². The molecule has 3 atom stereocenters. The molecular formula is C17H22ClN5O. The lowest BCUT2D eigenvalue weighted by atomic mass is 9.78. The van der Waals surface area contributed by atoms with E-state index in [1.807, 2.05) is 18.2 Å². The van der Waals surface area contributed by atoms with Gasteiger partial charge >= 0.3 is 0 Å². The number of hydrogen-bond donors (Lipinski definition) is 1. The Morgan fingerprint density at radius 1 is 1.33 bits per heavy atom. The van der Waals surface area contributed by atoms with Gasteiger partial charge in [0.15, 0.2) is 0 Å². The minimum atomic E-state index is -0.0796. The molecule has 1 aromatic carbocycles. The second-order valence-electron chi connectivity index (χ2n) is 6.56. The Morgan fingerprint density at radius 3 is 2.92 bits per heavy atom. The number of aromatic nitrogens is 4. The van der Waals surface area contributed by atoms with E-state index >= 15 is 0 Å². The second-order valence-corrected chi connectivity index (χ2v) is 6.97. The number of amides is 1. The van der Waals surface area contributed by atoms with E-state index in [1.165, 1.54) is 11.2 Å². The molecule has 1 saturated carbocycles. The van der Waals surface area contributed by atoms with Crippen molar-refractivity contribution >= 4 is 17.5 Å². The molecule has 1 aliphatic rings. The van der Waals surface area contributed by atoms with Crippen LogP contribution < -0.4 is 5.32 Å². The molecule has 1 N–H and O–H groups in total. The number of carbonyl (C=O) groups excluding carboxylic acids is 1. The SMILES string of the molecule is C[C@@H]1[C@H](C)CCC[C@@H]1NC(=O)Cn1nnc(-c2ccccc2Cl)n1. The van der Waals surface area contributed by atoms with Crippen molar-refractivity contribution < 1.29 is 4.79 Å². The molecule has 128 valence electrons. The lowest BCUT2D eigenvalue weighted by molar-refractivity contribution is -0.123. The van der Waals surface area contributed by atoms with Crippen molar-refractivity contribution in [1.82, 2.24) is 25.5 Å². The fourth-order valence-electron chi connectivity index (χ4n) is 3.23. The van der Waals surface area contributed by atoms with Gasteiger partial charge in [0.2, 0.25) is 11.7 Å². The van der Waals surface area contributed by atoms with Gasteiger partial charge in [0.1, 0.15) is 6.54 Å². The highest BCUT2D eigenvalue weighted by Crippen LogP contribution is 2.29. The highest BCUT2D eigenvalue weighted by atomic mass is 35.5. The zero-order chi connectivity index (χ0) is 17.1. The first kappa shape index (κ1) is 16.9. The third-order valence-electron chi connectivity index (χ3n) is 4.91. The number of rotatable bonds is 4. The van der Waals surface area contributed by atoms with Crippen LogP contribution in [0.3, 0.4) is 0 Å². The molecule has 0 radical (unpaired) electrons. The molecule has 1 amide bonds. The molecule has 0 spiro atoms. The van der Waals surface area contributed by atoms with E-state index in [9.17, 15) is 4.79 Å². The van der Waals surface area contributed by atoms with Crippen LogP contribution in [0.1, 0.15) is 33.1 Å². The van der Waals surface area contributed by atoms with Crippen molar-refractivity contribution in [3.63, 3.8) is 0 Å². The van der Waals surface area contributed by atoms with Crippen LogP contribution in [0.2, 0.25) is 5.02 Å². The fourth-order valence-corrected chi connectivity index (χ4v) is 3.45. The molecule has 0 bridgehead atoms. The van der Waals surface area contributed by atoms with Gasteiger partial charge in [-0.3, -0.25) is 4.79 Å². The fraction of sp³-hybridized carbons (Fsp3) is 0.529. The third kappa shape index (κ3) is 3.75. The summed E-state index contributed by atoms with van der Waals surface area (Å²) in [5.74, 6) is 1.47. The van der Waals surface area contributed by atoms with Gasteiger partial charge in [0.25, 0.3) is 0 Å². The maximum absolute atomic E-state index is 12.3. The molecule has 6 nitrogen and oxygen atoms in total. The van der Waals surface area contributed by atoms with Crippen LogP contribution in [0.25, 0.3) is 11.4 Å². The van der Waals surface area contributed by atoms with Crippen molar-refractivity contribution in [2.45, 2.75) is 45.7 Å². The molecule has 1 heterocycles. The Balaban J connectivity index is 1.62. The van der Waals surface area contributed by atoms with Gasteiger partial charge in [-0.15, -0.1) is 10.2 Å². The zero-order valence-corrected chi connectivity index (χ0v) is 14.7. The molecule has 2 aromatic rings. The Labute approximate surface area is 146 Å². The van der Waals surface area contributed by atoms with Crippen molar-refractivity contribution in [3.8, 4) is 11.4 Å². The van der Waals surface area contributed by atoms with E-state index in [-0.39, 0.29) is 18.5 Å². The first-order valence-electron chi connectivity index (χ1n) is 8.36. The van der Waals surface area contributed by atoms with Crippen molar-refractivity contribution in [1.29, 1.82) is 0 Å². The largest absolute Gasteiger partial charge is 0.351 e. The van der Waals surface area contributed by atoms with Gasteiger partial charge in [-0.2, -0.15) is 4.80 Å². The summed E-state index contributed by atoms with van der Waals surface area (Å²) in [5, 5.41) is 15.9. The van der Waals surface area contributed by atoms with E-state index in [2.05, 4.69) is 34.6 Å². The molecule has 1 aliphatic carbocycles. The monoisotopic (exact) mass is 347 g/mol. The predicted octanol–water partition coefficient (Wildman–Crippen LogP) is 2.93. The second kappa shape index (κ2) is 7.30. The number of benzene rings is 1. The minimum absolute atomic E-state index is 0.0645. The first-order chi connectivity index (χ1) is 11.5. The van der Waals surface area contributed by atoms with Gasteiger partial charge in [-0.1, -0.05) is 50.4 Å². The maximum atomic E-state index is 12.3. The van der Waals surface area contributed by atoms with Crippen LogP contribution >= 0.6 is 11.6 Å². The smallest absolute Gasteiger partial charge is 0.243 e. The summed E-state index contributed by atoms with van der Waals surface area (Å²) in [4.78, 5) is 13.6. The molecule has 1 fully saturated rings. The van der Waals surface area contributed by atoms with Crippen molar-refractivity contribution in [2.24, 2.45) is 11.8 Å². The molecule has 0 aliphatic heterocycles. The summed E-state index contributed by atoms with van der Waals surface area (Å²) in [6.45, 7) is 4.52. The highest BCUT2D eigenvalue weighted by Gasteiger charge is 2.28.